The fourth-order valence-corrected chi connectivity index (χ4v) is 2.09. The lowest BCUT2D eigenvalue weighted by Crippen LogP contribution is -2.30. The van der Waals surface area contributed by atoms with Crippen molar-refractivity contribution < 1.29 is 0 Å². The van der Waals surface area contributed by atoms with Gasteiger partial charge in [0.05, 0.1) is 18.1 Å². The number of aromatic nitrogens is 2. The fraction of sp³-hybridized carbons (Fsp3) is 0.667. The van der Waals surface area contributed by atoms with Crippen LogP contribution in [0.3, 0.4) is 0 Å². The summed E-state index contributed by atoms with van der Waals surface area (Å²) in [4.78, 5) is 10.5. The first-order chi connectivity index (χ1) is 7.75. The number of rotatable bonds is 4. The average Bonchev–Trinajstić information content (AvgIpc) is 2.76. The van der Waals surface area contributed by atoms with E-state index in [1.54, 1.807) is 6.33 Å². The summed E-state index contributed by atoms with van der Waals surface area (Å²) >= 11 is 0. The molecule has 1 saturated heterocycles. The van der Waals surface area contributed by atoms with E-state index in [0.29, 0.717) is 6.04 Å². The van der Waals surface area contributed by atoms with Crippen LogP contribution in [0.2, 0.25) is 0 Å². The predicted molar refractivity (Wildman–Crippen MR) is 65.5 cm³/mol. The molecular weight excluding hydrogens is 200 g/mol. The molecule has 1 atom stereocenters. The van der Waals surface area contributed by atoms with E-state index in [0.717, 1.165) is 31.2 Å². The van der Waals surface area contributed by atoms with Gasteiger partial charge in [-0.3, -0.25) is 0 Å². The summed E-state index contributed by atoms with van der Waals surface area (Å²) < 4.78 is 0. The molecule has 2 rings (SSSR count). The van der Waals surface area contributed by atoms with Crippen LogP contribution in [0.5, 0.6) is 0 Å². The molecule has 1 aromatic rings. The first-order valence-corrected chi connectivity index (χ1v) is 5.99. The van der Waals surface area contributed by atoms with Gasteiger partial charge in [0.2, 0.25) is 0 Å². The maximum absolute atomic E-state index is 4.06. The topological polar surface area (TPSA) is 41.0 Å². The van der Waals surface area contributed by atoms with Gasteiger partial charge in [0.1, 0.15) is 6.33 Å². The monoisotopic (exact) mass is 220 g/mol. The zero-order chi connectivity index (χ0) is 11.4. The minimum absolute atomic E-state index is 0.578. The highest BCUT2D eigenvalue weighted by molar-refractivity contribution is 5.42. The van der Waals surface area contributed by atoms with Crippen molar-refractivity contribution >= 4 is 5.69 Å². The van der Waals surface area contributed by atoms with Crippen molar-refractivity contribution in [2.24, 2.45) is 5.92 Å². The van der Waals surface area contributed by atoms with Crippen LogP contribution in [0.4, 0.5) is 5.69 Å². The van der Waals surface area contributed by atoms with Crippen molar-refractivity contribution in [1.82, 2.24) is 15.3 Å². The summed E-state index contributed by atoms with van der Waals surface area (Å²) in [7, 11) is 0. The molecule has 1 aliphatic heterocycles. The van der Waals surface area contributed by atoms with Crippen LogP contribution in [-0.2, 0) is 0 Å². The Hall–Kier alpha value is -1.16. The van der Waals surface area contributed by atoms with Crippen molar-refractivity contribution in [1.29, 1.82) is 0 Å². The Morgan fingerprint density at radius 3 is 2.88 bits per heavy atom. The fourth-order valence-electron chi connectivity index (χ4n) is 2.09. The Labute approximate surface area is 97.1 Å². The Balaban J connectivity index is 1.84. The van der Waals surface area contributed by atoms with Gasteiger partial charge in [-0.2, -0.15) is 0 Å². The zero-order valence-electron chi connectivity index (χ0n) is 10.1. The molecule has 2 heterocycles. The third-order valence-corrected chi connectivity index (χ3v) is 3.01. The summed E-state index contributed by atoms with van der Waals surface area (Å²) in [5.41, 5.74) is 1.15. The van der Waals surface area contributed by atoms with Crippen molar-refractivity contribution in [3.8, 4) is 0 Å². The van der Waals surface area contributed by atoms with Crippen molar-refractivity contribution in [3.63, 3.8) is 0 Å². The molecule has 1 fully saturated rings. The molecule has 1 aliphatic rings. The smallest absolute Gasteiger partial charge is 0.115 e. The molecule has 0 radical (unpaired) electrons. The highest BCUT2D eigenvalue weighted by Crippen LogP contribution is 2.21. The Kier molecular flexibility index (Phi) is 3.72. The van der Waals surface area contributed by atoms with Crippen LogP contribution in [0.1, 0.15) is 20.3 Å². The minimum atomic E-state index is 0.578. The molecule has 0 spiro atoms. The molecular formula is C12H20N4. The standard InChI is InChI=1S/C12H20N4/c1-10(2)15-5-11-3-4-16(8-11)12-6-13-9-14-7-12/h6-7,9-11,15H,3-5,8H2,1-2H3. The van der Waals surface area contributed by atoms with Gasteiger partial charge in [-0.25, -0.2) is 9.97 Å². The van der Waals surface area contributed by atoms with Gasteiger partial charge >= 0.3 is 0 Å². The van der Waals surface area contributed by atoms with Crippen molar-refractivity contribution in [2.75, 3.05) is 24.5 Å². The van der Waals surface area contributed by atoms with Gasteiger partial charge in [0.25, 0.3) is 0 Å². The predicted octanol–water partition coefficient (Wildman–Crippen LogP) is 1.30. The van der Waals surface area contributed by atoms with E-state index in [4.69, 9.17) is 0 Å². The molecule has 1 unspecified atom stereocenters. The number of nitrogens with zero attached hydrogens (tertiary/aromatic N) is 3. The average molecular weight is 220 g/mol. The molecule has 0 amide bonds. The van der Waals surface area contributed by atoms with Gasteiger partial charge in [-0.05, 0) is 18.9 Å². The molecule has 16 heavy (non-hydrogen) atoms. The van der Waals surface area contributed by atoms with Crippen LogP contribution in [-0.4, -0.2) is 35.6 Å². The lowest BCUT2D eigenvalue weighted by molar-refractivity contribution is 0.480. The maximum Gasteiger partial charge on any atom is 0.115 e. The van der Waals surface area contributed by atoms with E-state index in [2.05, 4.69) is 34.0 Å². The van der Waals surface area contributed by atoms with Crippen molar-refractivity contribution in [2.45, 2.75) is 26.3 Å². The number of hydrogen-bond donors (Lipinski definition) is 1. The summed E-state index contributed by atoms with van der Waals surface area (Å²) in [6.07, 6.45) is 6.63. The SMILES string of the molecule is CC(C)NCC1CCN(c2cncnc2)C1. The summed E-state index contributed by atoms with van der Waals surface area (Å²) in [6, 6.07) is 0.578. The molecule has 0 aliphatic carbocycles. The van der Waals surface area contributed by atoms with E-state index in [1.807, 2.05) is 12.4 Å². The number of nitrogens with one attached hydrogen (secondary N) is 1. The van der Waals surface area contributed by atoms with E-state index < -0.39 is 0 Å². The molecule has 1 N–H and O–H groups in total. The van der Waals surface area contributed by atoms with Crippen LogP contribution >= 0.6 is 0 Å². The first-order valence-electron chi connectivity index (χ1n) is 5.99. The summed E-state index contributed by atoms with van der Waals surface area (Å²) in [5, 5.41) is 3.50. The van der Waals surface area contributed by atoms with Gasteiger partial charge in [-0.1, -0.05) is 13.8 Å². The van der Waals surface area contributed by atoms with Gasteiger partial charge < -0.3 is 10.2 Å². The lowest BCUT2D eigenvalue weighted by atomic mass is 10.1. The first kappa shape index (κ1) is 11.3. The minimum Gasteiger partial charge on any atom is -0.369 e. The molecule has 0 saturated carbocycles. The highest BCUT2D eigenvalue weighted by atomic mass is 15.2. The van der Waals surface area contributed by atoms with Gasteiger partial charge in [0, 0.05) is 19.1 Å². The van der Waals surface area contributed by atoms with Crippen LogP contribution in [0.15, 0.2) is 18.7 Å². The molecule has 88 valence electrons. The van der Waals surface area contributed by atoms with Crippen LogP contribution < -0.4 is 10.2 Å². The van der Waals surface area contributed by atoms with E-state index in [-0.39, 0.29) is 0 Å². The van der Waals surface area contributed by atoms with Crippen LogP contribution in [0, 0.1) is 5.92 Å². The molecule has 0 bridgehead atoms. The summed E-state index contributed by atoms with van der Waals surface area (Å²) in [5.74, 6) is 0.752. The largest absolute Gasteiger partial charge is 0.369 e. The Morgan fingerprint density at radius 1 is 1.44 bits per heavy atom. The second-order valence-electron chi connectivity index (χ2n) is 4.76. The Bertz CT molecular complexity index is 312. The zero-order valence-corrected chi connectivity index (χ0v) is 10.1. The van der Waals surface area contributed by atoms with E-state index in [1.165, 1.54) is 6.42 Å². The maximum atomic E-state index is 4.06. The van der Waals surface area contributed by atoms with Gasteiger partial charge in [-0.15, -0.1) is 0 Å². The number of hydrogen-bond acceptors (Lipinski definition) is 4. The molecule has 1 aromatic heterocycles. The molecule has 4 heteroatoms. The van der Waals surface area contributed by atoms with E-state index >= 15 is 0 Å². The van der Waals surface area contributed by atoms with Crippen molar-refractivity contribution in [3.05, 3.63) is 18.7 Å². The quantitative estimate of drug-likeness (QED) is 0.830. The number of anilines is 1. The third kappa shape index (κ3) is 2.92. The van der Waals surface area contributed by atoms with Crippen LogP contribution in [0.25, 0.3) is 0 Å². The van der Waals surface area contributed by atoms with E-state index in [9.17, 15) is 0 Å². The Morgan fingerprint density at radius 2 is 2.19 bits per heavy atom. The third-order valence-electron chi connectivity index (χ3n) is 3.01. The van der Waals surface area contributed by atoms with Gasteiger partial charge in [0.15, 0.2) is 0 Å². The molecule has 4 nitrogen and oxygen atoms in total. The normalized spacial score (nSPS) is 20.7. The molecule has 0 aromatic carbocycles. The highest BCUT2D eigenvalue weighted by Gasteiger charge is 2.22. The second-order valence-corrected chi connectivity index (χ2v) is 4.76. The summed E-state index contributed by atoms with van der Waals surface area (Å²) in [6.45, 7) is 7.74. The lowest BCUT2D eigenvalue weighted by Gasteiger charge is -2.18. The second kappa shape index (κ2) is 5.25.